The average Bonchev–Trinajstić information content (AvgIpc) is 2.18. The van der Waals surface area contributed by atoms with Gasteiger partial charge >= 0.3 is 0 Å². The molecule has 1 heterocycles. The zero-order valence-corrected chi connectivity index (χ0v) is 11.5. The zero-order chi connectivity index (χ0) is 12.9. The van der Waals surface area contributed by atoms with Gasteiger partial charge in [-0.25, -0.2) is 0 Å². The van der Waals surface area contributed by atoms with E-state index >= 15 is 0 Å². The standard InChI is InChI=1S/C13H24N4/c1-10(2)8-14-9-11-6-7-12(17-16-11)15-13(3,4)5/h6-7,10,14H,8-9H2,1-5H3,(H,15,17). The molecule has 4 nitrogen and oxygen atoms in total. The third-order valence-corrected chi connectivity index (χ3v) is 2.08. The van der Waals surface area contributed by atoms with Gasteiger partial charge in [-0.05, 0) is 45.4 Å². The maximum absolute atomic E-state index is 4.18. The summed E-state index contributed by atoms with van der Waals surface area (Å²) in [6, 6.07) is 3.99. The SMILES string of the molecule is CC(C)CNCc1ccc(NC(C)(C)C)nn1. The van der Waals surface area contributed by atoms with Crippen LogP contribution in [0, 0.1) is 5.92 Å². The van der Waals surface area contributed by atoms with Crippen LogP contribution < -0.4 is 10.6 Å². The van der Waals surface area contributed by atoms with Crippen molar-refractivity contribution in [2.24, 2.45) is 5.92 Å². The summed E-state index contributed by atoms with van der Waals surface area (Å²) in [5.74, 6) is 1.48. The number of nitrogens with one attached hydrogen (secondary N) is 2. The minimum Gasteiger partial charge on any atom is -0.364 e. The van der Waals surface area contributed by atoms with E-state index in [0.717, 1.165) is 24.6 Å². The van der Waals surface area contributed by atoms with E-state index in [-0.39, 0.29) is 5.54 Å². The van der Waals surface area contributed by atoms with E-state index in [1.165, 1.54) is 0 Å². The van der Waals surface area contributed by atoms with Gasteiger partial charge in [0.25, 0.3) is 0 Å². The molecule has 4 heteroatoms. The van der Waals surface area contributed by atoms with Crippen molar-refractivity contribution in [2.45, 2.75) is 46.7 Å². The predicted octanol–water partition coefficient (Wildman–Crippen LogP) is 2.43. The molecule has 0 atom stereocenters. The smallest absolute Gasteiger partial charge is 0.149 e. The van der Waals surface area contributed by atoms with Gasteiger partial charge in [0, 0.05) is 12.1 Å². The Labute approximate surface area is 104 Å². The molecule has 0 aliphatic rings. The minimum atomic E-state index is 0.0199. The second kappa shape index (κ2) is 5.96. The molecule has 1 aromatic heterocycles. The van der Waals surface area contributed by atoms with Crippen LogP contribution in [0.4, 0.5) is 5.82 Å². The lowest BCUT2D eigenvalue weighted by molar-refractivity contribution is 0.546. The summed E-state index contributed by atoms with van der Waals surface area (Å²) in [5.41, 5.74) is 0.997. The van der Waals surface area contributed by atoms with Crippen molar-refractivity contribution in [1.29, 1.82) is 0 Å². The Bertz CT molecular complexity index is 324. The first-order valence-electron chi connectivity index (χ1n) is 6.18. The fourth-order valence-corrected chi connectivity index (χ4v) is 1.39. The normalized spacial score (nSPS) is 11.9. The van der Waals surface area contributed by atoms with Crippen molar-refractivity contribution in [3.8, 4) is 0 Å². The van der Waals surface area contributed by atoms with Crippen molar-refractivity contribution in [2.75, 3.05) is 11.9 Å². The van der Waals surface area contributed by atoms with Gasteiger partial charge in [0.15, 0.2) is 0 Å². The number of rotatable bonds is 5. The van der Waals surface area contributed by atoms with Crippen LogP contribution >= 0.6 is 0 Å². The maximum Gasteiger partial charge on any atom is 0.149 e. The Hall–Kier alpha value is -1.16. The molecule has 0 fully saturated rings. The fraction of sp³-hybridized carbons (Fsp3) is 0.692. The van der Waals surface area contributed by atoms with Gasteiger partial charge < -0.3 is 10.6 Å². The monoisotopic (exact) mass is 236 g/mol. The highest BCUT2D eigenvalue weighted by Gasteiger charge is 2.10. The van der Waals surface area contributed by atoms with Gasteiger partial charge in [-0.2, -0.15) is 5.10 Å². The Morgan fingerprint density at radius 1 is 1.18 bits per heavy atom. The average molecular weight is 236 g/mol. The molecule has 0 aromatic carbocycles. The van der Waals surface area contributed by atoms with Gasteiger partial charge in [0.05, 0.1) is 5.69 Å². The second-order valence-corrected chi connectivity index (χ2v) is 5.81. The first kappa shape index (κ1) is 13.9. The molecule has 0 spiro atoms. The minimum absolute atomic E-state index is 0.0199. The maximum atomic E-state index is 4.18. The van der Waals surface area contributed by atoms with E-state index in [9.17, 15) is 0 Å². The molecule has 96 valence electrons. The third-order valence-electron chi connectivity index (χ3n) is 2.08. The first-order chi connectivity index (χ1) is 7.87. The van der Waals surface area contributed by atoms with Crippen LogP contribution in [-0.4, -0.2) is 22.3 Å². The van der Waals surface area contributed by atoms with Crippen LogP contribution in [0.15, 0.2) is 12.1 Å². The summed E-state index contributed by atoms with van der Waals surface area (Å²) in [4.78, 5) is 0. The lowest BCUT2D eigenvalue weighted by Gasteiger charge is -2.20. The van der Waals surface area contributed by atoms with Crippen molar-refractivity contribution in [1.82, 2.24) is 15.5 Å². The molecule has 1 rings (SSSR count). The van der Waals surface area contributed by atoms with Gasteiger partial charge in [0.2, 0.25) is 0 Å². The summed E-state index contributed by atoms with van der Waals surface area (Å²) in [6.45, 7) is 12.5. The van der Waals surface area contributed by atoms with Crippen molar-refractivity contribution >= 4 is 5.82 Å². The molecular formula is C13H24N4. The number of hydrogen-bond donors (Lipinski definition) is 2. The largest absolute Gasteiger partial charge is 0.364 e. The van der Waals surface area contributed by atoms with Gasteiger partial charge in [-0.3, -0.25) is 0 Å². The van der Waals surface area contributed by atoms with Crippen LogP contribution in [0.3, 0.4) is 0 Å². The molecule has 17 heavy (non-hydrogen) atoms. The van der Waals surface area contributed by atoms with E-state index in [2.05, 4.69) is 55.4 Å². The lowest BCUT2D eigenvalue weighted by Crippen LogP contribution is -2.27. The van der Waals surface area contributed by atoms with Gasteiger partial charge in [0.1, 0.15) is 5.82 Å². The van der Waals surface area contributed by atoms with Crippen LogP contribution in [0.1, 0.15) is 40.3 Å². The van der Waals surface area contributed by atoms with Crippen LogP contribution in [0.25, 0.3) is 0 Å². The molecule has 0 aliphatic carbocycles. The number of hydrogen-bond acceptors (Lipinski definition) is 4. The molecule has 0 aliphatic heterocycles. The topological polar surface area (TPSA) is 49.8 Å². The van der Waals surface area contributed by atoms with E-state index < -0.39 is 0 Å². The first-order valence-corrected chi connectivity index (χ1v) is 6.18. The molecule has 2 N–H and O–H groups in total. The van der Waals surface area contributed by atoms with E-state index in [1.54, 1.807) is 0 Å². The summed E-state index contributed by atoms with van der Waals surface area (Å²) in [6.07, 6.45) is 0. The van der Waals surface area contributed by atoms with Crippen LogP contribution in [-0.2, 0) is 6.54 Å². The van der Waals surface area contributed by atoms with Crippen LogP contribution in [0.5, 0.6) is 0 Å². The van der Waals surface area contributed by atoms with Crippen molar-refractivity contribution < 1.29 is 0 Å². The van der Waals surface area contributed by atoms with Gasteiger partial charge in [-0.1, -0.05) is 13.8 Å². The molecule has 0 amide bonds. The summed E-state index contributed by atoms with van der Waals surface area (Å²) >= 11 is 0. The highest BCUT2D eigenvalue weighted by molar-refractivity contribution is 5.35. The van der Waals surface area contributed by atoms with E-state index in [0.29, 0.717) is 5.92 Å². The summed E-state index contributed by atoms with van der Waals surface area (Å²) in [5, 5.41) is 15.0. The summed E-state index contributed by atoms with van der Waals surface area (Å²) < 4.78 is 0. The van der Waals surface area contributed by atoms with E-state index in [1.807, 2.05) is 12.1 Å². The Balaban J connectivity index is 2.45. The zero-order valence-electron chi connectivity index (χ0n) is 11.5. The molecular weight excluding hydrogens is 212 g/mol. The fourth-order valence-electron chi connectivity index (χ4n) is 1.39. The van der Waals surface area contributed by atoms with Crippen molar-refractivity contribution in [3.63, 3.8) is 0 Å². The molecule has 0 unspecified atom stereocenters. The molecule has 0 saturated heterocycles. The molecule has 1 aromatic rings. The van der Waals surface area contributed by atoms with Crippen molar-refractivity contribution in [3.05, 3.63) is 17.8 Å². The highest BCUT2D eigenvalue weighted by atomic mass is 15.2. The number of anilines is 1. The number of nitrogens with zero attached hydrogens (tertiary/aromatic N) is 2. The predicted molar refractivity (Wildman–Crippen MR) is 72.0 cm³/mol. The second-order valence-electron chi connectivity index (χ2n) is 5.81. The van der Waals surface area contributed by atoms with E-state index in [4.69, 9.17) is 0 Å². The summed E-state index contributed by atoms with van der Waals surface area (Å²) in [7, 11) is 0. The Morgan fingerprint density at radius 2 is 1.88 bits per heavy atom. The number of aromatic nitrogens is 2. The third kappa shape index (κ3) is 6.22. The lowest BCUT2D eigenvalue weighted by atomic mass is 10.1. The molecule has 0 saturated carbocycles. The Kier molecular flexibility index (Phi) is 4.87. The quantitative estimate of drug-likeness (QED) is 0.824. The van der Waals surface area contributed by atoms with Crippen LogP contribution in [0.2, 0.25) is 0 Å². The Morgan fingerprint density at radius 3 is 2.35 bits per heavy atom. The molecule has 0 bridgehead atoms. The van der Waals surface area contributed by atoms with Gasteiger partial charge in [-0.15, -0.1) is 5.10 Å². The molecule has 0 radical (unpaired) electrons. The highest BCUT2D eigenvalue weighted by Crippen LogP contribution is 2.10.